The molecule has 0 aromatic carbocycles. The van der Waals surface area contributed by atoms with E-state index < -0.39 is 0 Å². The van der Waals surface area contributed by atoms with Crippen LogP contribution < -0.4 is 10.9 Å². The molecule has 0 saturated carbocycles. The molecule has 0 aliphatic carbocycles. The fraction of sp³-hybridized carbons (Fsp3) is 0.455. The highest BCUT2D eigenvalue weighted by molar-refractivity contribution is 5.91. The highest BCUT2D eigenvalue weighted by atomic mass is 16.5. The molecule has 1 aromatic rings. The van der Waals surface area contributed by atoms with Crippen LogP contribution in [0.15, 0.2) is 23.1 Å². The molecule has 0 aliphatic rings. The number of amides is 1. The molecular weight excluding hydrogens is 208 g/mol. The molecule has 88 valence electrons. The maximum Gasteiger partial charge on any atom is 0.250 e. The topological polar surface area (TPSA) is 60.3 Å². The number of rotatable bonds is 5. The van der Waals surface area contributed by atoms with Crippen molar-refractivity contribution in [3.05, 3.63) is 28.7 Å². The maximum atomic E-state index is 11.4. The standard InChI is InChI=1S/C11H16N2O3/c1-3-6-13-7-9(4-5-11(13)15)12-10(14)8-16-2/h4-5,7H,3,6,8H2,1-2H3,(H,12,14). The Morgan fingerprint density at radius 1 is 1.50 bits per heavy atom. The van der Waals surface area contributed by atoms with Gasteiger partial charge in [-0.3, -0.25) is 9.59 Å². The second-order valence-electron chi connectivity index (χ2n) is 3.43. The van der Waals surface area contributed by atoms with E-state index in [1.165, 1.54) is 13.2 Å². The van der Waals surface area contributed by atoms with Crippen molar-refractivity contribution in [2.45, 2.75) is 19.9 Å². The average molecular weight is 224 g/mol. The number of nitrogens with zero attached hydrogens (tertiary/aromatic N) is 1. The largest absolute Gasteiger partial charge is 0.375 e. The van der Waals surface area contributed by atoms with E-state index in [1.54, 1.807) is 16.8 Å². The molecule has 0 bridgehead atoms. The summed E-state index contributed by atoms with van der Waals surface area (Å²) in [5.41, 5.74) is 0.543. The van der Waals surface area contributed by atoms with E-state index in [2.05, 4.69) is 5.32 Å². The Morgan fingerprint density at radius 2 is 2.25 bits per heavy atom. The lowest BCUT2D eigenvalue weighted by molar-refractivity contribution is -0.119. The van der Waals surface area contributed by atoms with E-state index in [4.69, 9.17) is 4.74 Å². The summed E-state index contributed by atoms with van der Waals surface area (Å²) in [6.45, 7) is 2.64. The van der Waals surface area contributed by atoms with Gasteiger partial charge >= 0.3 is 0 Å². The minimum Gasteiger partial charge on any atom is -0.375 e. The smallest absolute Gasteiger partial charge is 0.250 e. The predicted octanol–water partition coefficient (Wildman–Crippen LogP) is 0.843. The first-order valence-corrected chi connectivity index (χ1v) is 5.16. The van der Waals surface area contributed by atoms with Crippen LogP contribution in [0.25, 0.3) is 0 Å². The number of hydrogen-bond donors (Lipinski definition) is 1. The summed E-state index contributed by atoms with van der Waals surface area (Å²) in [5, 5.41) is 2.65. The van der Waals surface area contributed by atoms with Gasteiger partial charge in [0.05, 0.1) is 5.69 Å². The molecule has 0 radical (unpaired) electrons. The van der Waals surface area contributed by atoms with Crippen LogP contribution in [0.3, 0.4) is 0 Å². The summed E-state index contributed by atoms with van der Waals surface area (Å²) in [4.78, 5) is 22.6. The van der Waals surface area contributed by atoms with Crippen molar-refractivity contribution in [1.82, 2.24) is 4.57 Å². The molecule has 0 atom stereocenters. The van der Waals surface area contributed by atoms with Gasteiger partial charge in [-0.05, 0) is 12.5 Å². The number of ether oxygens (including phenoxy) is 1. The normalized spacial score (nSPS) is 10.1. The van der Waals surface area contributed by atoms with E-state index in [1.807, 2.05) is 6.92 Å². The molecule has 1 heterocycles. The van der Waals surface area contributed by atoms with E-state index >= 15 is 0 Å². The Balaban J connectivity index is 2.78. The summed E-state index contributed by atoms with van der Waals surface area (Å²) in [6, 6.07) is 3.03. The molecule has 5 heteroatoms. The highest BCUT2D eigenvalue weighted by Gasteiger charge is 2.02. The van der Waals surface area contributed by atoms with E-state index in [0.717, 1.165) is 6.42 Å². The Labute approximate surface area is 94.0 Å². The van der Waals surface area contributed by atoms with Crippen LogP contribution in [0, 0.1) is 0 Å². The number of carbonyl (C=O) groups is 1. The van der Waals surface area contributed by atoms with Gasteiger partial charge in [-0.2, -0.15) is 0 Å². The van der Waals surface area contributed by atoms with Crippen LogP contribution >= 0.6 is 0 Å². The van der Waals surface area contributed by atoms with Crippen LogP contribution in [0.5, 0.6) is 0 Å². The first-order chi connectivity index (χ1) is 7.67. The highest BCUT2D eigenvalue weighted by Crippen LogP contribution is 2.03. The molecule has 1 aromatic heterocycles. The summed E-state index contributed by atoms with van der Waals surface area (Å²) < 4.78 is 6.27. The zero-order valence-corrected chi connectivity index (χ0v) is 9.53. The number of carbonyl (C=O) groups excluding carboxylic acids is 1. The molecule has 0 aliphatic heterocycles. The predicted molar refractivity (Wildman–Crippen MR) is 61.5 cm³/mol. The number of pyridine rings is 1. The molecule has 0 saturated heterocycles. The van der Waals surface area contributed by atoms with Gasteiger partial charge in [-0.1, -0.05) is 6.92 Å². The first kappa shape index (κ1) is 12.4. The van der Waals surface area contributed by atoms with Gasteiger partial charge < -0.3 is 14.6 Å². The summed E-state index contributed by atoms with van der Waals surface area (Å²) in [5.74, 6) is -0.232. The second kappa shape index (κ2) is 6.07. The number of methoxy groups -OCH3 is 1. The van der Waals surface area contributed by atoms with Crippen LogP contribution in [0.4, 0.5) is 5.69 Å². The van der Waals surface area contributed by atoms with Crippen molar-refractivity contribution in [1.29, 1.82) is 0 Å². The summed E-state index contributed by atoms with van der Waals surface area (Å²) in [6.07, 6.45) is 2.51. The lowest BCUT2D eigenvalue weighted by Gasteiger charge is -2.08. The Bertz CT molecular complexity index is 412. The fourth-order valence-corrected chi connectivity index (χ4v) is 1.35. The third kappa shape index (κ3) is 3.51. The molecule has 0 unspecified atom stereocenters. The van der Waals surface area contributed by atoms with Crippen LogP contribution in [-0.4, -0.2) is 24.2 Å². The van der Waals surface area contributed by atoms with Crippen molar-refractivity contribution in [2.75, 3.05) is 19.0 Å². The molecule has 1 rings (SSSR count). The van der Waals surface area contributed by atoms with Crippen molar-refractivity contribution < 1.29 is 9.53 Å². The molecule has 1 N–H and O–H groups in total. The van der Waals surface area contributed by atoms with E-state index in [9.17, 15) is 9.59 Å². The minimum atomic E-state index is -0.232. The molecular formula is C11H16N2O3. The lowest BCUT2D eigenvalue weighted by Crippen LogP contribution is -2.22. The summed E-state index contributed by atoms with van der Waals surface area (Å²) in [7, 11) is 1.46. The quantitative estimate of drug-likeness (QED) is 0.806. The van der Waals surface area contributed by atoms with E-state index in [-0.39, 0.29) is 18.1 Å². The molecule has 0 fully saturated rings. The Hall–Kier alpha value is -1.62. The van der Waals surface area contributed by atoms with Gasteiger partial charge in [-0.25, -0.2) is 0 Å². The van der Waals surface area contributed by atoms with Crippen LogP contribution in [0.1, 0.15) is 13.3 Å². The summed E-state index contributed by atoms with van der Waals surface area (Å²) >= 11 is 0. The second-order valence-corrected chi connectivity index (χ2v) is 3.43. The van der Waals surface area contributed by atoms with Crippen LogP contribution in [-0.2, 0) is 16.1 Å². The van der Waals surface area contributed by atoms with Gasteiger partial charge in [0.25, 0.3) is 5.56 Å². The van der Waals surface area contributed by atoms with Crippen LogP contribution in [0.2, 0.25) is 0 Å². The first-order valence-electron chi connectivity index (χ1n) is 5.16. The third-order valence-electron chi connectivity index (χ3n) is 2.01. The molecule has 16 heavy (non-hydrogen) atoms. The van der Waals surface area contributed by atoms with Gasteiger partial charge in [-0.15, -0.1) is 0 Å². The minimum absolute atomic E-state index is 0.00685. The van der Waals surface area contributed by atoms with Crippen molar-refractivity contribution >= 4 is 11.6 Å². The number of hydrogen-bond acceptors (Lipinski definition) is 3. The molecule has 5 nitrogen and oxygen atoms in total. The zero-order valence-electron chi connectivity index (χ0n) is 9.53. The number of aryl methyl sites for hydroxylation is 1. The number of anilines is 1. The lowest BCUT2D eigenvalue weighted by atomic mass is 10.3. The monoisotopic (exact) mass is 224 g/mol. The van der Waals surface area contributed by atoms with Gasteiger partial charge in [0.1, 0.15) is 6.61 Å². The Kier molecular flexibility index (Phi) is 4.72. The van der Waals surface area contributed by atoms with Crippen molar-refractivity contribution in [3.8, 4) is 0 Å². The Morgan fingerprint density at radius 3 is 2.88 bits per heavy atom. The van der Waals surface area contributed by atoms with Crippen molar-refractivity contribution in [3.63, 3.8) is 0 Å². The zero-order chi connectivity index (χ0) is 12.0. The van der Waals surface area contributed by atoms with Crippen molar-refractivity contribution in [2.24, 2.45) is 0 Å². The van der Waals surface area contributed by atoms with E-state index in [0.29, 0.717) is 12.2 Å². The van der Waals surface area contributed by atoms with Gasteiger partial charge in [0, 0.05) is 25.9 Å². The number of nitrogens with one attached hydrogen (secondary N) is 1. The van der Waals surface area contributed by atoms with Gasteiger partial charge in [0.15, 0.2) is 0 Å². The average Bonchev–Trinajstić information content (AvgIpc) is 2.24. The molecule has 0 spiro atoms. The fourth-order valence-electron chi connectivity index (χ4n) is 1.35. The SMILES string of the molecule is CCCn1cc(NC(=O)COC)ccc1=O. The molecule has 1 amide bonds. The number of aromatic nitrogens is 1. The third-order valence-corrected chi connectivity index (χ3v) is 2.01. The van der Waals surface area contributed by atoms with Gasteiger partial charge in [0.2, 0.25) is 5.91 Å². The maximum absolute atomic E-state index is 11.4.